The van der Waals surface area contributed by atoms with E-state index in [-0.39, 0.29) is 12.1 Å². The van der Waals surface area contributed by atoms with Crippen LogP contribution in [0.5, 0.6) is 0 Å². The van der Waals surface area contributed by atoms with Crippen LogP contribution in [0.4, 0.5) is 5.82 Å². The van der Waals surface area contributed by atoms with Crippen LogP contribution in [0, 0.1) is 5.92 Å². The zero-order valence-electron chi connectivity index (χ0n) is 18.7. The van der Waals surface area contributed by atoms with Gasteiger partial charge >= 0.3 is 10.3 Å². The lowest BCUT2D eigenvalue weighted by molar-refractivity contribution is 0.0635. The summed E-state index contributed by atoms with van der Waals surface area (Å²) in [4.78, 5) is 9.05. The third kappa shape index (κ3) is 4.12. The highest BCUT2D eigenvalue weighted by molar-refractivity contribution is 7.84. The predicted molar refractivity (Wildman–Crippen MR) is 125 cm³/mol. The normalized spacial score (nSPS) is 27.2. The molecule has 0 saturated heterocycles. The second-order valence-electron chi connectivity index (χ2n) is 8.86. The summed E-state index contributed by atoms with van der Waals surface area (Å²) in [6, 6.07) is 10.6. The molecule has 2 aromatic heterocycles. The van der Waals surface area contributed by atoms with E-state index in [2.05, 4.69) is 51.2 Å². The number of aromatic nitrogens is 3. The van der Waals surface area contributed by atoms with Crippen LogP contribution >= 0.6 is 0 Å². The Hall–Kier alpha value is -2.53. The average Bonchev–Trinajstić information content (AvgIpc) is 3.49. The van der Waals surface area contributed by atoms with Crippen molar-refractivity contribution >= 4 is 27.2 Å². The van der Waals surface area contributed by atoms with Crippen LogP contribution in [0.3, 0.4) is 0 Å². The van der Waals surface area contributed by atoms with E-state index in [1.807, 2.05) is 16.8 Å². The molecule has 3 aromatic rings. The Labute approximate surface area is 193 Å². The van der Waals surface area contributed by atoms with Gasteiger partial charge in [0.25, 0.3) is 0 Å². The van der Waals surface area contributed by atoms with Crippen LogP contribution in [0.15, 0.2) is 42.9 Å². The van der Waals surface area contributed by atoms with E-state index in [0.717, 1.165) is 29.7 Å². The van der Waals surface area contributed by atoms with Gasteiger partial charge in [0.1, 0.15) is 23.9 Å². The highest BCUT2D eigenvalue weighted by Crippen LogP contribution is 2.41. The number of hydrogen-bond acceptors (Lipinski definition) is 7. The molecular formula is C23H29N5O4S. The van der Waals surface area contributed by atoms with Crippen molar-refractivity contribution in [1.82, 2.24) is 19.3 Å². The Bertz CT molecular complexity index is 1260. The number of aliphatic hydroxyl groups excluding tert-OH is 1. The van der Waals surface area contributed by atoms with Gasteiger partial charge in [-0.15, -0.1) is 0 Å². The van der Waals surface area contributed by atoms with Gasteiger partial charge in [0.2, 0.25) is 0 Å². The Morgan fingerprint density at radius 2 is 2.03 bits per heavy atom. The van der Waals surface area contributed by atoms with Crippen LogP contribution in [0.25, 0.3) is 11.0 Å². The van der Waals surface area contributed by atoms with Crippen molar-refractivity contribution in [3.05, 3.63) is 54.0 Å². The standard InChI is InChI=1S/C23H29N5O4S/c1-3-14-10-15-6-4-5-7-17(15)21(14)27-22-18-8-9-28(23(18)26-13-25-22)16-11-19(29)20(12-16)32-33(30,31)24-2/h4-9,13-14,16,19-21,24,29H,3,10-12H2,1-2H3,(H,25,26,27)/t14-,16+,19-,20-,21-/m1/s1. The molecule has 0 spiro atoms. The first kappa shape index (κ1) is 22.3. The summed E-state index contributed by atoms with van der Waals surface area (Å²) in [7, 11) is -2.60. The maximum absolute atomic E-state index is 11.8. The molecule has 5 rings (SSSR count). The minimum absolute atomic E-state index is 0.132. The minimum Gasteiger partial charge on any atom is -0.390 e. The van der Waals surface area contributed by atoms with E-state index >= 15 is 0 Å². The predicted octanol–water partition coefficient (Wildman–Crippen LogP) is 2.71. The largest absolute Gasteiger partial charge is 0.390 e. The summed E-state index contributed by atoms with van der Waals surface area (Å²) in [5, 5.41) is 15.0. The molecule has 0 radical (unpaired) electrons. The summed E-state index contributed by atoms with van der Waals surface area (Å²) in [5.41, 5.74) is 3.45. The topological polar surface area (TPSA) is 118 Å². The lowest BCUT2D eigenvalue weighted by atomic mass is 9.98. The van der Waals surface area contributed by atoms with E-state index in [1.165, 1.54) is 18.2 Å². The van der Waals surface area contributed by atoms with Crippen molar-refractivity contribution in [2.75, 3.05) is 12.4 Å². The molecule has 1 aromatic carbocycles. The minimum atomic E-state index is -3.88. The third-order valence-electron chi connectivity index (χ3n) is 7.01. The van der Waals surface area contributed by atoms with Crippen molar-refractivity contribution in [2.24, 2.45) is 5.92 Å². The Kier molecular flexibility index (Phi) is 5.86. The molecule has 9 nitrogen and oxygen atoms in total. The molecule has 0 aliphatic heterocycles. The Balaban J connectivity index is 1.41. The Morgan fingerprint density at radius 1 is 1.21 bits per heavy atom. The average molecular weight is 472 g/mol. The quantitative estimate of drug-likeness (QED) is 0.485. The van der Waals surface area contributed by atoms with E-state index in [4.69, 9.17) is 4.18 Å². The monoisotopic (exact) mass is 471 g/mol. The fourth-order valence-electron chi connectivity index (χ4n) is 5.27. The van der Waals surface area contributed by atoms with E-state index in [0.29, 0.717) is 18.8 Å². The molecular weight excluding hydrogens is 442 g/mol. The van der Waals surface area contributed by atoms with E-state index in [1.54, 1.807) is 6.33 Å². The molecule has 3 N–H and O–H groups in total. The SMILES string of the molecule is CC[C@@H]1Cc2ccccc2[C@@H]1Nc1ncnc2c1ccn2[C@H]1C[C@@H](O)[C@H](OS(=O)(=O)NC)C1. The fourth-order valence-corrected chi connectivity index (χ4v) is 5.90. The van der Waals surface area contributed by atoms with Gasteiger partial charge in [-0.05, 0) is 42.4 Å². The van der Waals surface area contributed by atoms with Gasteiger partial charge in [-0.25, -0.2) is 9.97 Å². The van der Waals surface area contributed by atoms with Crippen LogP contribution in [0.2, 0.25) is 0 Å². The molecule has 0 unspecified atom stereocenters. The lowest BCUT2D eigenvalue weighted by Gasteiger charge is -2.22. The molecule has 2 aliphatic rings. The molecule has 1 fully saturated rings. The molecule has 10 heteroatoms. The second-order valence-corrected chi connectivity index (χ2v) is 10.4. The summed E-state index contributed by atoms with van der Waals surface area (Å²) in [6.07, 6.45) is 4.67. The maximum atomic E-state index is 11.8. The van der Waals surface area contributed by atoms with Gasteiger partial charge in [0.05, 0.1) is 17.5 Å². The van der Waals surface area contributed by atoms with Gasteiger partial charge in [-0.3, -0.25) is 4.18 Å². The number of nitrogens with one attached hydrogen (secondary N) is 2. The number of fused-ring (bicyclic) bond motifs is 2. The van der Waals surface area contributed by atoms with E-state index in [9.17, 15) is 13.5 Å². The zero-order valence-corrected chi connectivity index (χ0v) is 19.5. The molecule has 2 aliphatic carbocycles. The summed E-state index contributed by atoms with van der Waals surface area (Å²) in [5.74, 6) is 1.27. The van der Waals surface area contributed by atoms with Crippen LogP contribution in [-0.4, -0.2) is 47.3 Å². The van der Waals surface area contributed by atoms with Crippen molar-refractivity contribution in [3.63, 3.8) is 0 Å². The smallest absolute Gasteiger partial charge is 0.335 e. The first-order valence-electron chi connectivity index (χ1n) is 11.4. The van der Waals surface area contributed by atoms with Gasteiger partial charge < -0.3 is 15.0 Å². The van der Waals surface area contributed by atoms with Crippen LogP contribution < -0.4 is 10.0 Å². The second kappa shape index (κ2) is 8.68. The highest BCUT2D eigenvalue weighted by Gasteiger charge is 2.38. The number of benzene rings is 1. The molecule has 5 atom stereocenters. The van der Waals surface area contributed by atoms with Gasteiger partial charge in [-0.2, -0.15) is 13.1 Å². The van der Waals surface area contributed by atoms with Gasteiger partial charge in [-0.1, -0.05) is 37.6 Å². The van der Waals surface area contributed by atoms with E-state index < -0.39 is 22.5 Å². The van der Waals surface area contributed by atoms with Gasteiger partial charge in [0.15, 0.2) is 0 Å². The number of nitrogens with zero attached hydrogens (tertiary/aromatic N) is 3. The maximum Gasteiger partial charge on any atom is 0.335 e. The summed E-state index contributed by atoms with van der Waals surface area (Å²) in [6.45, 7) is 2.22. The lowest BCUT2D eigenvalue weighted by Crippen LogP contribution is -2.31. The number of aliphatic hydroxyl groups is 1. The fraction of sp³-hybridized carbons (Fsp3) is 0.478. The highest BCUT2D eigenvalue weighted by atomic mass is 32.2. The molecule has 0 bridgehead atoms. The molecule has 176 valence electrons. The summed E-state index contributed by atoms with van der Waals surface area (Å²) >= 11 is 0. The first-order valence-corrected chi connectivity index (χ1v) is 12.8. The van der Waals surface area contributed by atoms with Crippen molar-refractivity contribution < 1.29 is 17.7 Å². The molecule has 2 heterocycles. The molecule has 0 amide bonds. The zero-order chi connectivity index (χ0) is 23.2. The third-order valence-corrected chi connectivity index (χ3v) is 8.01. The van der Waals surface area contributed by atoms with Crippen molar-refractivity contribution in [1.29, 1.82) is 0 Å². The van der Waals surface area contributed by atoms with Crippen molar-refractivity contribution in [3.8, 4) is 0 Å². The van der Waals surface area contributed by atoms with Crippen molar-refractivity contribution in [2.45, 2.75) is 56.9 Å². The first-order chi connectivity index (χ1) is 15.9. The molecule has 1 saturated carbocycles. The summed E-state index contributed by atoms with van der Waals surface area (Å²) < 4.78 is 32.8. The number of rotatable bonds is 7. The number of hydrogen-bond donors (Lipinski definition) is 3. The van der Waals surface area contributed by atoms with Gasteiger partial charge in [0, 0.05) is 19.3 Å². The van der Waals surface area contributed by atoms with Crippen LogP contribution in [-0.2, 0) is 20.9 Å². The Morgan fingerprint density at radius 3 is 2.82 bits per heavy atom. The molecule has 33 heavy (non-hydrogen) atoms. The number of anilines is 1. The van der Waals surface area contributed by atoms with Crippen LogP contribution in [0.1, 0.15) is 49.4 Å².